The van der Waals surface area contributed by atoms with Gasteiger partial charge in [0, 0.05) is 31.7 Å². The summed E-state index contributed by atoms with van der Waals surface area (Å²) in [6.45, 7) is -0.228. The Morgan fingerprint density at radius 3 is 2.68 bits per heavy atom. The van der Waals surface area contributed by atoms with Crippen molar-refractivity contribution in [1.82, 2.24) is 19.5 Å². The van der Waals surface area contributed by atoms with Crippen LogP contribution in [0.2, 0.25) is 0 Å². The highest BCUT2D eigenvalue weighted by molar-refractivity contribution is 7.89. The van der Waals surface area contributed by atoms with Crippen LogP contribution in [0, 0.1) is 18.7 Å². The molecule has 3 heterocycles. The van der Waals surface area contributed by atoms with Gasteiger partial charge in [0.15, 0.2) is 5.69 Å². The van der Waals surface area contributed by atoms with Crippen LogP contribution in [-0.4, -0.2) is 70.2 Å². The molecule has 0 bridgehead atoms. The molecule has 2 aromatic rings. The molecule has 15 heteroatoms. The number of hydrogen-bond acceptors (Lipinski definition) is 6. The molecule has 0 spiro atoms. The standard InChI is InChI=1S/C22H23F4N5O5S/c1-11-5-13(3-4-14(11)23)28-19(32)17-18-16(8-30(17)2)37(35)29-15-7-31(6-12(15)9-36-18)21(34)20(33)27-10-22(24,25)26/h3-5,8,12,15,29H,6-7,9-10H2,1-2H3,(H,27,33)(H,28,32). The van der Waals surface area contributed by atoms with Crippen molar-refractivity contribution < 1.29 is 41.2 Å². The van der Waals surface area contributed by atoms with Crippen molar-refractivity contribution in [3.05, 3.63) is 41.5 Å². The zero-order valence-corrected chi connectivity index (χ0v) is 20.5. The average Bonchev–Trinajstić information content (AvgIpc) is 3.36. The summed E-state index contributed by atoms with van der Waals surface area (Å²) in [5.41, 5.74) is 0.737. The number of benzene rings is 1. The van der Waals surface area contributed by atoms with Crippen LogP contribution in [0.15, 0.2) is 29.3 Å². The van der Waals surface area contributed by atoms with Gasteiger partial charge in [-0.25, -0.2) is 4.39 Å². The lowest BCUT2D eigenvalue weighted by atomic mass is 10.1. The lowest BCUT2D eigenvalue weighted by Crippen LogP contribution is -2.46. The van der Waals surface area contributed by atoms with Crippen LogP contribution in [0.5, 0.6) is 5.75 Å². The van der Waals surface area contributed by atoms with Gasteiger partial charge in [0.1, 0.15) is 12.4 Å². The normalized spacial score (nSPS) is 21.3. The summed E-state index contributed by atoms with van der Waals surface area (Å²) in [5.74, 6) is -3.97. The van der Waals surface area contributed by atoms with Crippen molar-refractivity contribution in [1.29, 1.82) is 0 Å². The van der Waals surface area contributed by atoms with E-state index in [1.807, 2.05) is 0 Å². The molecule has 3 N–H and O–H groups in total. The summed E-state index contributed by atoms with van der Waals surface area (Å²) in [6.07, 6.45) is -3.21. The van der Waals surface area contributed by atoms with Gasteiger partial charge in [-0.3, -0.25) is 14.4 Å². The summed E-state index contributed by atoms with van der Waals surface area (Å²) in [4.78, 5) is 38.5. The number of nitrogens with one attached hydrogen (secondary N) is 3. The number of carbonyl (C=O) groups is 3. The topological polar surface area (TPSA) is 128 Å². The molecule has 200 valence electrons. The lowest BCUT2D eigenvalue weighted by Gasteiger charge is -2.24. The minimum atomic E-state index is -4.66. The predicted molar refractivity (Wildman–Crippen MR) is 122 cm³/mol. The monoisotopic (exact) mass is 545 g/mol. The lowest BCUT2D eigenvalue weighted by molar-refractivity contribution is -0.150. The number of fused-ring (bicyclic) bond motifs is 2. The molecule has 3 amide bonds. The first kappa shape index (κ1) is 26.8. The van der Waals surface area contributed by atoms with Gasteiger partial charge >= 0.3 is 18.0 Å². The second kappa shape index (κ2) is 10.2. The Kier molecular flexibility index (Phi) is 7.39. The second-order valence-corrected chi connectivity index (χ2v) is 9.99. The first-order valence-corrected chi connectivity index (χ1v) is 12.2. The van der Waals surface area contributed by atoms with Crippen molar-refractivity contribution in [2.75, 3.05) is 31.6 Å². The Morgan fingerprint density at radius 1 is 1.27 bits per heavy atom. The Balaban J connectivity index is 1.48. The Morgan fingerprint density at radius 2 is 2.00 bits per heavy atom. The largest absolute Gasteiger partial charge is 0.593 e. The molecule has 1 saturated heterocycles. The van der Waals surface area contributed by atoms with Crippen LogP contribution < -0.4 is 20.1 Å². The number of carbonyl (C=O) groups excluding carboxylic acids is 3. The molecule has 3 unspecified atom stereocenters. The Bertz CT molecular complexity index is 1240. The van der Waals surface area contributed by atoms with Crippen molar-refractivity contribution in [3.8, 4) is 5.75 Å². The number of alkyl halides is 3. The number of rotatable bonds is 3. The first-order chi connectivity index (χ1) is 17.3. The zero-order chi connectivity index (χ0) is 27.1. The van der Waals surface area contributed by atoms with Gasteiger partial charge in [-0.2, -0.15) is 13.2 Å². The van der Waals surface area contributed by atoms with Gasteiger partial charge in [0.25, 0.3) is 5.91 Å². The maximum Gasteiger partial charge on any atom is 0.405 e. The minimum absolute atomic E-state index is 0.0320. The molecule has 37 heavy (non-hydrogen) atoms. The van der Waals surface area contributed by atoms with Crippen molar-refractivity contribution in [3.63, 3.8) is 0 Å². The summed E-state index contributed by atoms with van der Waals surface area (Å²) >= 11 is -1.88. The van der Waals surface area contributed by atoms with E-state index in [1.165, 1.54) is 29.0 Å². The van der Waals surface area contributed by atoms with Crippen LogP contribution in [0.3, 0.4) is 0 Å². The van der Waals surface area contributed by atoms with Gasteiger partial charge in [0.2, 0.25) is 10.6 Å². The Labute approximate surface area is 211 Å². The van der Waals surface area contributed by atoms with Gasteiger partial charge < -0.3 is 29.4 Å². The van der Waals surface area contributed by atoms with Gasteiger partial charge in [-0.1, -0.05) is 0 Å². The second-order valence-electron chi connectivity index (χ2n) is 8.77. The van der Waals surface area contributed by atoms with E-state index in [1.54, 1.807) is 19.3 Å². The fourth-order valence-corrected chi connectivity index (χ4v) is 5.40. The van der Waals surface area contributed by atoms with Gasteiger partial charge in [-0.15, -0.1) is 4.72 Å². The van der Waals surface area contributed by atoms with Crippen molar-refractivity contribution in [2.45, 2.75) is 24.0 Å². The third kappa shape index (κ3) is 5.83. The van der Waals surface area contributed by atoms with E-state index in [-0.39, 0.29) is 36.0 Å². The van der Waals surface area contributed by atoms with E-state index in [4.69, 9.17) is 4.74 Å². The Hall–Kier alpha value is -3.30. The third-order valence-corrected chi connectivity index (χ3v) is 7.21. The molecule has 1 fully saturated rings. The first-order valence-electron chi connectivity index (χ1n) is 11.1. The number of amides is 3. The van der Waals surface area contributed by atoms with Gasteiger partial charge in [0.05, 0.1) is 30.2 Å². The minimum Gasteiger partial charge on any atom is -0.593 e. The van der Waals surface area contributed by atoms with Crippen LogP contribution >= 0.6 is 0 Å². The summed E-state index contributed by atoms with van der Waals surface area (Å²) in [6, 6.07) is 3.49. The predicted octanol–water partition coefficient (Wildman–Crippen LogP) is 1.24. The summed E-state index contributed by atoms with van der Waals surface area (Å²) < 4.78 is 73.9. The molecule has 0 radical (unpaired) electrons. The van der Waals surface area contributed by atoms with E-state index in [0.29, 0.717) is 11.3 Å². The van der Waals surface area contributed by atoms with Crippen molar-refractivity contribution >= 4 is 34.8 Å². The van der Waals surface area contributed by atoms with E-state index >= 15 is 0 Å². The number of aryl methyl sites for hydroxylation is 2. The number of ether oxygens (including phenoxy) is 1. The van der Waals surface area contributed by atoms with Crippen molar-refractivity contribution in [2.24, 2.45) is 13.0 Å². The smallest absolute Gasteiger partial charge is 0.405 e. The number of aromatic nitrogens is 1. The van der Waals surface area contributed by atoms with Crippen LogP contribution in [-0.2, 0) is 28.0 Å². The third-order valence-electron chi connectivity index (χ3n) is 6.01. The van der Waals surface area contributed by atoms with Crippen LogP contribution in [0.25, 0.3) is 0 Å². The molecule has 2 aliphatic rings. The number of anilines is 1. The molecule has 4 rings (SSSR count). The molecular weight excluding hydrogens is 522 g/mol. The fourth-order valence-electron chi connectivity index (χ4n) is 4.15. The maximum absolute atomic E-state index is 13.6. The maximum atomic E-state index is 13.6. The summed E-state index contributed by atoms with van der Waals surface area (Å²) in [7, 11) is 1.57. The summed E-state index contributed by atoms with van der Waals surface area (Å²) in [5, 5.41) is 4.20. The molecular formula is C22H23F4N5O5S. The quantitative estimate of drug-likeness (QED) is 0.303. The zero-order valence-electron chi connectivity index (χ0n) is 19.6. The van der Waals surface area contributed by atoms with Crippen LogP contribution in [0.4, 0.5) is 23.2 Å². The van der Waals surface area contributed by atoms with E-state index < -0.39 is 59.6 Å². The molecule has 10 nitrogen and oxygen atoms in total. The van der Waals surface area contributed by atoms with Gasteiger partial charge in [-0.05, 0) is 30.7 Å². The van der Waals surface area contributed by atoms with E-state index in [9.17, 15) is 36.5 Å². The average molecular weight is 546 g/mol. The molecule has 1 aromatic heterocycles. The van der Waals surface area contributed by atoms with E-state index in [0.717, 1.165) is 4.90 Å². The molecule has 0 saturated carbocycles. The SMILES string of the molecule is Cc1cc(NC(=O)c2c3c(cn2C)[S+]([O-])NC2CN(C(=O)C(=O)NCC(F)(F)F)CC2CO3)ccc1F. The molecule has 0 aliphatic carbocycles. The molecule has 2 aliphatic heterocycles. The number of likely N-dealkylation sites (tertiary alicyclic amines) is 1. The van der Waals surface area contributed by atoms with Crippen LogP contribution in [0.1, 0.15) is 16.1 Å². The highest BCUT2D eigenvalue weighted by Gasteiger charge is 2.44. The number of halogens is 4. The fraction of sp³-hybridized carbons (Fsp3) is 0.409. The molecule has 3 atom stereocenters. The molecule has 1 aromatic carbocycles. The highest BCUT2D eigenvalue weighted by Crippen LogP contribution is 2.34. The number of hydrogen-bond donors (Lipinski definition) is 3. The number of nitrogens with zero attached hydrogens (tertiary/aromatic N) is 2. The highest BCUT2D eigenvalue weighted by atomic mass is 32.2. The van der Waals surface area contributed by atoms with E-state index in [2.05, 4.69) is 10.0 Å².